The van der Waals surface area contributed by atoms with Crippen molar-refractivity contribution in [2.45, 2.75) is 117 Å². The number of hydrogen-bond acceptors (Lipinski definition) is 2. The quantitative estimate of drug-likeness (QED) is 0.113. The van der Waals surface area contributed by atoms with Crippen LogP contribution in [-0.2, 0) is 9.59 Å². The van der Waals surface area contributed by atoms with Gasteiger partial charge in [-0.3, -0.25) is 4.79 Å². The largest absolute Gasteiger partial charge is 0.302 e. The zero-order valence-corrected chi connectivity index (χ0v) is 17.2. The molecule has 0 spiro atoms. The lowest BCUT2D eigenvalue weighted by atomic mass is 9.81. The Kier molecular flexibility index (Phi) is 15.9. The Morgan fingerprint density at radius 1 is 0.760 bits per heavy atom. The van der Waals surface area contributed by atoms with Gasteiger partial charge in [-0.05, 0) is 32.3 Å². The van der Waals surface area contributed by atoms with E-state index in [9.17, 15) is 9.59 Å². The summed E-state index contributed by atoms with van der Waals surface area (Å²) in [7, 11) is 0. The number of allylic oxidation sites excluding steroid dienone is 2. The molecule has 1 unspecified atom stereocenters. The first-order chi connectivity index (χ1) is 12.1. The van der Waals surface area contributed by atoms with Gasteiger partial charge in [-0.1, -0.05) is 97.0 Å². The van der Waals surface area contributed by atoms with Crippen molar-refractivity contribution in [1.29, 1.82) is 0 Å². The number of hydrogen-bond donors (Lipinski definition) is 0. The minimum Gasteiger partial charge on any atom is -0.302 e. The summed E-state index contributed by atoms with van der Waals surface area (Å²) in [6.07, 6.45) is 22.2. The Morgan fingerprint density at radius 2 is 1.24 bits per heavy atom. The predicted molar refractivity (Wildman–Crippen MR) is 109 cm³/mol. The molecule has 0 heterocycles. The molecule has 0 amide bonds. The maximum atomic E-state index is 12.4. The van der Waals surface area contributed by atoms with Crippen LogP contribution in [0.4, 0.5) is 0 Å². The Bertz CT molecular complexity index is 359. The Morgan fingerprint density at radius 3 is 1.76 bits per heavy atom. The molecule has 2 nitrogen and oxygen atoms in total. The summed E-state index contributed by atoms with van der Waals surface area (Å²) in [4.78, 5) is 23.8. The van der Waals surface area contributed by atoms with Crippen molar-refractivity contribution in [2.24, 2.45) is 5.41 Å². The summed E-state index contributed by atoms with van der Waals surface area (Å²) in [5, 5.41) is 0. The Balaban J connectivity index is 3.92. The molecular formula is C23H42O2. The van der Waals surface area contributed by atoms with Gasteiger partial charge in [0.05, 0.1) is 5.41 Å². The first-order valence-electron chi connectivity index (χ1n) is 10.8. The molecule has 0 aliphatic rings. The number of carbonyl (C=O) groups excluding carboxylic acids is 2. The van der Waals surface area contributed by atoms with Crippen LogP contribution in [0.1, 0.15) is 117 Å². The zero-order chi connectivity index (χ0) is 18.8. The molecule has 0 rings (SSSR count). The number of rotatable bonds is 18. The normalized spacial score (nSPS) is 13.9. The predicted octanol–water partition coefficient (Wildman–Crippen LogP) is 7.21. The van der Waals surface area contributed by atoms with E-state index in [1.807, 2.05) is 6.08 Å². The van der Waals surface area contributed by atoms with Crippen molar-refractivity contribution in [2.75, 3.05) is 0 Å². The van der Waals surface area contributed by atoms with Gasteiger partial charge < -0.3 is 4.79 Å². The van der Waals surface area contributed by atoms with Crippen LogP contribution in [0.3, 0.4) is 0 Å². The van der Waals surface area contributed by atoms with Gasteiger partial charge in [-0.2, -0.15) is 0 Å². The highest BCUT2D eigenvalue weighted by molar-refractivity contribution is 6.04. The number of carbonyl (C=O) groups is 2. The van der Waals surface area contributed by atoms with E-state index in [1.165, 1.54) is 64.2 Å². The van der Waals surface area contributed by atoms with Gasteiger partial charge >= 0.3 is 0 Å². The van der Waals surface area contributed by atoms with Crippen molar-refractivity contribution in [3.05, 3.63) is 12.2 Å². The highest BCUT2D eigenvalue weighted by atomic mass is 16.1. The van der Waals surface area contributed by atoms with Gasteiger partial charge in [0.15, 0.2) is 5.78 Å². The monoisotopic (exact) mass is 350 g/mol. The molecule has 0 saturated carbocycles. The van der Waals surface area contributed by atoms with Crippen molar-refractivity contribution in [3.8, 4) is 0 Å². The molecule has 0 fully saturated rings. The minimum atomic E-state index is -0.818. The third-order valence-electron chi connectivity index (χ3n) is 5.12. The van der Waals surface area contributed by atoms with E-state index < -0.39 is 5.41 Å². The number of unbranched alkanes of at least 4 members (excludes halogenated alkanes) is 12. The minimum absolute atomic E-state index is 0.0144. The summed E-state index contributed by atoms with van der Waals surface area (Å²) >= 11 is 0. The molecule has 1 atom stereocenters. The van der Waals surface area contributed by atoms with Crippen molar-refractivity contribution >= 4 is 12.1 Å². The Hall–Kier alpha value is -0.920. The van der Waals surface area contributed by atoms with Gasteiger partial charge in [0.25, 0.3) is 0 Å². The van der Waals surface area contributed by atoms with E-state index in [2.05, 4.69) is 13.8 Å². The van der Waals surface area contributed by atoms with Gasteiger partial charge in [-0.25, -0.2) is 0 Å². The highest BCUT2D eigenvalue weighted by Crippen LogP contribution is 2.24. The van der Waals surface area contributed by atoms with Crippen LogP contribution in [0.5, 0.6) is 0 Å². The molecule has 0 aliphatic carbocycles. The lowest BCUT2D eigenvalue weighted by Crippen LogP contribution is -2.28. The molecule has 0 bridgehead atoms. The third-order valence-corrected chi connectivity index (χ3v) is 5.12. The van der Waals surface area contributed by atoms with Gasteiger partial charge in [0, 0.05) is 0 Å². The fourth-order valence-electron chi connectivity index (χ4n) is 3.11. The van der Waals surface area contributed by atoms with Crippen LogP contribution in [0.2, 0.25) is 0 Å². The summed E-state index contributed by atoms with van der Waals surface area (Å²) in [6, 6.07) is 0. The molecule has 0 saturated heterocycles. The fourth-order valence-corrected chi connectivity index (χ4v) is 3.11. The smallest absolute Gasteiger partial charge is 0.168 e. The van der Waals surface area contributed by atoms with Crippen LogP contribution in [0, 0.1) is 5.41 Å². The van der Waals surface area contributed by atoms with Crippen LogP contribution >= 0.6 is 0 Å². The van der Waals surface area contributed by atoms with Gasteiger partial charge in [0.2, 0.25) is 0 Å². The molecule has 2 heteroatoms. The second-order valence-electron chi connectivity index (χ2n) is 7.73. The summed E-state index contributed by atoms with van der Waals surface area (Å²) in [5.41, 5.74) is -0.818. The zero-order valence-electron chi connectivity index (χ0n) is 17.2. The summed E-state index contributed by atoms with van der Waals surface area (Å²) < 4.78 is 0. The summed E-state index contributed by atoms with van der Waals surface area (Å²) in [5.74, 6) is -0.0144. The first-order valence-corrected chi connectivity index (χ1v) is 10.8. The van der Waals surface area contributed by atoms with Crippen molar-refractivity contribution in [3.63, 3.8) is 0 Å². The van der Waals surface area contributed by atoms with Crippen LogP contribution in [-0.4, -0.2) is 12.1 Å². The van der Waals surface area contributed by atoms with Crippen LogP contribution in [0.25, 0.3) is 0 Å². The molecule has 25 heavy (non-hydrogen) atoms. The fraction of sp³-hybridized carbons (Fsp3) is 0.826. The van der Waals surface area contributed by atoms with Crippen LogP contribution in [0.15, 0.2) is 12.2 Å². The lowest BCUT2D eigenvalue weighted by molar-refractivity contribution is -0.130. The number of ketones is 1. The molecule has 146 valence electrons. The SMILES string of the molecule is CCCCCCCCC=CC(=O)C(C)(C=O)CCCCCCCCC. The first kappa shape index (κ1) is 24.1. The molecule has 0 radical (unpaired) electrons. The maximum Gasteiger partial charge on any atom is 0.168 e. The van der Waals surface area contributed by atoms with E-state index in [-0.39, 0.29) is 5.78 Å². The molecule has 0 aromatic heterocycles. The van der Waals surface area contributed by atoms with E-state index in [0.29, 0.717) is 6.42 Å². The number of aldehydes is 1. The van der Waals surface area contributed by atoms with E-state index in [1.54, 1.807) is 13.0 Å². The second-order valence-corrected chi connectivity index (χ2v) is 7.73. The lowest BCUT2D eigenvalue weighted by Gasteiger charge is -2.19. The third kappa shape index (κ3) is 13.0. The summed E-state index contributed by atoms with van der Waals surface area (Å²) in [6.45, 7) is 6.25. The topological polar surface area (TPSA) is 34.1 Å². The Labute approximate surface area is 156 Å². The maximum absolute atomic E-state index is 12.4. The average molecular weight is 351 g/mol. The molecule has 0 N–H and O–H groups in total. The second kappa shape index (κ2) is 16.5. The van der Waals surface area contributed by atoms with Gasteiger partial charge in [0.1, 0.15) is 6.29 Å². The average Bonchev–Trinajstić information content (AvgIpc) is 2.62. The highest BCUT2D eigenvalue weighted by Gasteiger charge is 2.29. The van der Waals surface area contributed by atoms with Crippen LogP contribution < -0.4 is 0 Å². The molecule has 0 aromatic carbocycles. The van der Waals surface area contributed by atoms with E-state index >= 15 is 0 Å². The van der Waals surface area contributed by atoms with Crippen molar-refractivity contribution in [1.82, 2.24) is 0 Å². The molecule has 0 aromatic rings. The standard InChI is InChI=1S/C23H42O2/c1-4-6-8-10-12-13-15-17-19-22(25)23(3,21-24)20-18-16-14-11-9-7-5-2/h17,19,21H,4-16,18,20H2,1-3H3. The van der Waals surface area contributed by atoms with E-state index in [4.69, 9.17) is 0 Å². The van der Waals surface area contributed by atoms with E-state index in [0.717, 1.165) is 32.0 Å². The molecular weight excluding hydrogens is 308 g/mol. The van der Waals surface area contributed by atoms with Gasteiger partial charge in [-0.15, -0.1) is 0 Å². The molecule has 0 aliphatic heterocycles. The van der Waals surface area contributed by atoms with Crippen molar-refractivity contribution < 1.29 is 9.59 Å².